The van der Waals surface area contributed by atoms with Gasteiger partial charge >= 0.3 is 17.9 Å². The lowest BCUT2D eigenvalue weighted by molar-refractivity contribution is -0.167. The molecule has 0 aromatic rings. The zero-order chi connectivity index (χ0) is 37.3. The Morgan fingerprint density at radius 1 is 0.412 bits per heavy atom. The summed E-state index contributed by atoms with van der Waals surface area (Å²) in [5, 5.41) is 0. The molecular weight excluding hydrogens is 636 g/mol. The molecule has 0 aromatic carbocycles. The third kappa shape index (κ3) is 38.9. The number of esters is 3. The summed E-state index contributed by atoms with van der Waals surface area (Å²) in [7, 11) is 0. The van der Waals surface area contributed by atoms with Crippen molar-refractivity contribution in [2.75, 3.05) is 13.2 Å². The van der Waals surface area contributed by atoms with Crippen molar-refractivity contribution in [3.63, 3.8) is 0 Å². The summed E-state index contributed by atoms with van der Waals surface area (Å²) >= 11 is 0. The van der Waals surface area contributed by atoms with Gasteiger partial charge in [0.1, 0.15) is 13.2 Å². The van der Waals surface area contributed by atoms with Crippen LogP contribution in [0.5, 0.6) is 0 Å². The fourth-order valence-corrected chi connectivity index (χ4v) is 6.18. The van der Waals surface area contributed by atoms with Crippen molar-refractivity contribution in [2.45, 2.75) is 232 Å². The van der Waals surface area contributed by atoms with Gasteiger partial charge < -0.3 is 14.2 Å². The summed E-state index contributed by atoms with van der Waals surface area (Å²) in [6, 6.07) is 0. The van der Waals surface area contributed by atoms with Crippen molar-refractivity contribution in [1.82, 2.24) is 0 Å². The maximum Gasteiger partial charge on any atom is 0.306 e. The van der Waals surface area contributed by atoms with Crippen LogP contribution >= 0.6 is 0 Å². The summed E-state index contributed by atoms with van der Waals surface area (Å²) in [4.78, 5) is 37.6. The monoisotopic (exact) mass is 719 g/mol. The molecule has 6 heteroatoms. The molecule has 0 aromatic heterocycles. The molecule has 0 heterocycles. The summed E-state index contributed by atoms with van der Waals surface area (Å²) < 4.78 is 16.6. The Morgan fingerprint density at radius 2 is 0.765 bits per heavy atom. The van der Waals surface area contributed by atoms with Gasteiger partial charge in [-0.15, -0.1) is 0 Å². The molecule has 0 aliphatic rings. The van der Waals surface area contributed by atoms with Gasteiger partial charge in [-0.05, 0) is 44.9 Å². The zero-order valence-electron chi connectivity index (χ0n) is 33.9. The molecule has 0 amide bonds. The second kappa shape index (κ2) is 40.7. The Hall–Kier alpha value is -2.11. The highest BCUT2D eigenvalue weighted by Crippen LogP contribution is 2.15. The van der Waals surface area contributed by atoms with Crippen LogP contribution in [-0.4, -0.2) is 37.2 Å². The molecule has 0 bridgehead atoms. The van der Waals surface area contributed by atoms with E-state index in [9.17, 15) is 14.4 Å². The van der Waals surface area contributed by atoms with Crippen molar-refractivity contribution in [3.8, 4) is 0 Å². The van der Waals surface area contributed by atoms with Gasteiger partial charge in [0.2, 0.25) is 0 Å². The number of hydrogen-bond acceptors (Lipinski definition) is 6. The van der Waals surface area contributed by atoms with Crippen molar-refractivity contribution >= 4 is 17.9 Å². The SMILES string of the molecule is CC/C=C\C/C=C\CCCCC(=O)OCC(COC(=O)CCCCCCCCCCCCCC)OC(=O)CCCCCCCCCCCCCC. The van der Waals surface area contributed by atoms with Crippen LogP contribution in [0.15, 0.2) is 24.3 Å². The van der Waals surface area contributed by atoms with E-state index < -0.39 is 6.10 Å². The lowest BCUT2D eigenvalue weighted by Crippen LogP contribution is -2.30. The topological polar surface area (TPSA) is 78.9 Å². The van der Waals surface area contributed by atoms with Gasteiger partial charge in [-0.1, -0.05) is 186 Å². The molecule has 1 atom stereocenters. The fraction of sp³-hybridized carbons (Fsp3) is 0.844. The molecule has 0 spiro atoms. The summed E-state index contributed by atoms with van der Waals surface area (Å²) in [6.07, 6.45) is 43.1. The van der Waals surface area contributed by atoms with Gasteiger partial charge in [0.15, 0.2) is 6.10 Å². The zero-order valence-corrected chi connectivity index (χ0v) is 33.9. The number of unbranched alkanes of at least 4 members (excludes halogenated alkanes) is 24. The van der Waals surface area contributed by atoms with Crippen LogP contribution in [0.25, 0.3) is 0 Å². The van der Waals surface area contributed by atoms with Crippen molar-refractivity contribution in [3.05, 3.63) is 24.3 Å². The van der Waals surface area contributed by atoms with Crippen molar-refractivity contribution in [2.24, 2.45) is 0 Å². The molecule has 0 N–H and O–H groups in total. The number of ether oxygens (including phenoxy) is 3. The van der Waals surface area contributed by atoms with Crippen LogP contribution in [0.2, 0.25) is 0 Å². The van der Waals surface area contributed by atoms with E-state index in [4.69, 9.17) is 14.2 Å². The van der Waals surface area contributed by atoms with Crippen LogP contribution in [0.3, 0.4) is 0 Å². The van der Waals surface area contributed by atoms with E-state index in [0.717, 1.165) is 70.6 Å². The van der Waals surface area contributed by atoms with Gasteiger partial charge in [0, 0.05) is 19.3 Å². The number of rotatable bonds is 39. The van der Waals surface area contributed by atoms with Crippen LogP contribution < -0.4 is 0 Å². The van der Waals surface area contributed by atoms with Crippen LogP contribution in [0.1, 0.15) is 226 Å². The predicted octanol–water partition coefficient (Wildman–Crippen LogP) is 13.6. The van der Waals surface area contributed by atoms with E-state index >= 15 is 0 Å². The Bertz CT molecular complexity index is 835. The number of carbonyl (C=O) groups is 3. The fourth-order valence-electron chi connectivity index (χ4n) is 6.18. The molecule has 0 saturated carbocycles. The predicted molar refractivity (Wildman–Crippen MR) is 215 cm³/mol. The van der Waals surface area contributed by atoms with Crippen molar-refractivity contribution < 1.29 is 28.6 Å². The van der Waals surface area contributed by atoms with E-state index in [1.54, 1.807) is 0 Å². The van der Waals surface area contributed by atoms with Gasteiger partial charge in [-0.2, -0.15) is 0 Å². The molecule has 0 aliphatic carbocycles. The quantitative estimate of drug-likeness (QED) is 0.0272. The van der Waals surface area contributed by atoms with Gasteiger partial charge in [0.25, 0.3) is 0 Å². The smallest absolute Gasteiger partial charge is 0.306 e. The third-order valence-electron chi connectivity index (χ3n) is 9.47. The molecule has 51 heavy (non-hydrogen) atoms. The average molecular weight is 719 g/mol. The number of allylic oxidation sites excluding steroid dienone is 4. The first-order valence-electron chi connectivity index (χ1n) is 21.8. The summed E-state index contributed by atoms with van der Waals surface area (Å²) in [6.45, 7) is 6.47. The standard InChI is InChI=1S/C45H82O6/c1-4-7-10-13-16-19-21-23-26-29-32-35-38-44(47)50-41-42(40-49-43(46)37-34-31-28-25-18-15-12-9-6-3)51-45(48)39-36-33-30-27-24-22-20-17-14-11-8-5-2/h9,12,18,25,42H,4-8,10-11,13-17,19-24,26-41H2,1-3H3/b12-9-,25-18-. The van der Waals surface area contributed by atoms with Gasteiger partial charge in [0.05, 0.1) is 0 Å². The summed E-state index contributed by atoms with van der Waals surface area (Å²) in [5.41, 5.74) is 0. The van der Waals surface area contributed by atoms with E-state index in [2.05, 4.69) is 45.1 Å². The number of carbonyl (C=O) groups excluding carboxylic acids is 3. The van der Waals surface area contributed by atoms with Gasteiger partial charge in [-0.25, -0.2) is 0 Å². The first kappa shape index (κ1) is 48.9. The molecule has 6 nitrogen and oxygen atoms in total. The third-order valence-corrected chi connectivity index (χ3v) is 9.47. The van der Waals surface area contributed by atoms with Crippen LogP contribution in [-0.2, 0) is 28.6 Å². The van der Waals surface area contributed by atoms with Crippen LogP contribution in [0, 0.1) is 0 Å². The largest absolute Gasteiger partial charge is 0.462 e. The Labute approximate surface area is 315 Å². The maximum atomic E-state index is 12.7. The molecule has 0 rings (SSSR count). The van der Waals surface area contributed by atoms with Gasteiger partial charge in [-0.3, -0.25) is 14.4 Å². The van der Waals surface area contributed by atoms with Crippen molar-refractivity contribution in [1.29, 1.82) is 0 Å². The molecule has 0 radical (unpaired) electrons. The summed E-state index contributed by atoms with van der Waals surface area (Å²) in [5.74, 6) is -0.913. The normalized spacial score (nSPS) is 12.1. The minimum atomic E-state index is -0.774. The molecule has 298 valence electrons. The van der Waals surface area contributed by atoms with E-state index in [1.807, 2.05) is 0 Å². The Kier molecular flexibility index (Phi) is 39.0. The second-order valence-corrected chi connectivity index (χ2v) is 14.6. The second-order valence-electron chi connectivity index (χ2n) is 14.6. The minimum Gasteiger partial charge on any atom is -0.462 e. The van der Waals surface area contributed by atoms with E-state index in [0.29, 0.717) is 19.3 Å². The molecule has 1 unspecified atom stereocenters. The highest BCUT2D eigenvalue weighted by Gasteiger charge is 2.19. The highest BCUT2D eigenvalue weighted by atomic mass is 16.6. The molecule has 0 saturated heterocycles. The van der Waals surface area contributed by atoms with E-state index in [1.165, 1.54) is 116 Å². The average Bonchev–Trinajstić information content (AvgIpc) is 3.12. The maximum absolute atomic E-state index is 12.7. The Balaban J connectivity index is 4.36. The molecular formula is C45H82O6. The molecule has 0 fully saturated rings. The molecule has 0 aliphatic heterocycles. The first-order chi connectivity index (χ1) is 25.0. The lowest BCUT2D eigenvalue weighted by atomic mass is 10.0. The van der Waals surface area contributed by atoms with E-state index in [-0.39, 0.29) is 31.1 Å². The van der Waals surface area contributed by atoms with Crippen LogP contribution in [0.4, 0.5) is 0 Å². The Morgan fingerprint density at radius 3 is 1.18 bits per heavy atom. The lowest BCUT2D eigenvalue weighted by Gasteiger charge is -2.18. The minimum absolute atomic E-state index is 0.0776. The number of hydrogen-bond donors (Lipinski definition) is 0. The highest BCUT2D eigenvalue weighted by molar-refractivity contribution is 5.71. The first-order valence-corrected chi connectivity index (χ1v) is 21.8.